The summed E-state index contributed by atoms with van der Waals surface area (Å²) < 4.78 is 32.1. The first-order valence-electron chi connectivity index (χ1n) is 9.43. The molecular weight excluding hydrogens is 398 g/mol. The van der Waals surface area contributed by atoms with Crippen LogP contribution in [0.25, 0.3) is 0 Å². The Balaban J connectivity index is 1.45. The number of rotatable bonds is 4. The second-order valence-electron chi connectivity index (χ2n) is 7.02. The molecule has 8 heteroatoms. The molecule has 2 aliphatic rings. The fourth-order valence-corrected chi connectivity index (χ4v) is 4.66. The van der Waals surface area contributed by atoms with Gasteiger partial charge >= 0.3 is 0 Å². The molecule has 0 aromatic heterocycles. The molecule has 2 aliphatic heterocycles. The molecule has 0 bridgehead atoms. The van der Waals surface area contributed by atoms with E-state index in [1.807, 2.05) is 4.90 Å². The zero-order valence-corrected chi connectivity index (χ0v) is 16.5. The highest BCUT2D eigenvalue weighted by Crippen LogP contribution is 2.28. The fraction of sp³-hybridized carbons (Fsp3) is 0.333. The lowest BCUT2D eigenvalue weighted by atomic mass is 10.1. The Hall–Kier alpha value is -2.61. The average Bonchev–Trinajstić information content (AvgIpc) is 3.42. The minimum atomic E-state index is -0.803. The van der Waals surface area contributed by atoms with Gasteiger partial charge in [0, 0.05) is 30.5 Å². The van der Waals surface area contributed by atoms with Crippen LogP contribution in [-0.2, 0) is 4.79 Å². The number of ether oxygens (including phenoxy) is 1. The van der Waals surface area contributed by atoms with E-state index in [0.29, 0.717) is 22.9 Å². The zero-order chi connectivity index (χ0) is 20.4. The molecule has 0 aliphatic carbocycles. The first-order chi connectivity index (χ1) is 14.0. The lowest BCUT2D eigenvalue weighted by Crippen LogP contribution is -2.48. The Morgan fingerprint density at radius 2 is 1.76 bits per heavy atom. The van der Waals surface area contributed by atoms with E-state index in [2.05, 4.69) is 0 Å². The number of hydrogen-bond acceptors (Lipinski definition) is 4. The molecule has 2 aromatic rings. The van der Waals surface area contributed by atoms with Gasteiger partial charge in [-0.15, -0.1) is 11.8 Å². The molecular formula is C21H20F2N2O3S. The maximum Gasteiger partial charge on any atom is 0.255 e. The molecule has 0 radical (unpaired) electrons. The summed E-state index contributed by atoms with van der Waals surface area (Å²) >= 11 is 1.57. The van der Waals surface area contributed by atoms with Crippen molar-refractivity contribution in [1.29, 1.82) is 0 Å². The van der Waals surface area contributed by atoms with E-state index in [1.165, 1.54) is 6.07 Å². The maximum absolute atomic E-state index is 13.7. The molecule has 2 heterocycles. The third kappa shape index (κ3) is 4.22. The van der Waals surface area contributed by atoms with E-state index in [1.54, 1.807) is 40.9 Å². The van der Waals surface area contributed by atoms with Crippen LogP contribution in [0.5, 0.6) is 11.5 Å². The van der Waals surface area contributed by atoms with Gasteiger partial charge in [-0.1, -0.05) is 0 Å². The number of carbonyl (C=O) groups is 2. The maximum atomic E-state index is 13.7. The fourth-order valence-electron chi connectivity index (χ4n) is 3.51. The van der Waals surface area contributed by atoms with Crippen LogP contribution >= 0.6 is 11.8 Å². The summed E-state index contributed by atoms with van der Waals surface area (Å²) in [5.41, 5.74) is 0.429. The van der Waals surface area contributed by atoms with Crippen LogP contribution in [0.3, 0.4) is 0 Å². The molecule has 4 rings (SSSR count). The van der Waals surface area contributed by atoms with Crippen molar-refractivity contribution in [2.75, 3.05) is 24.7 Å². The Morgan fingerprint density at radius 3 is 2.45 bits per heavy atom. The summed E-state index contributed by atoms with van der Waals surface area (Å²) in [5.74, 6) is -0.376. The molecule has 5 nitrogen and oxygen atoms in total. The van der Waals surface area contributed by atoms with Crippen molar-refractivity contribution < 1.29 is 23.1 Å². The number of carbonyl (C=O) groups excluding carboxylic acids is 2. The number of nitrogens with zero attached hydrogens (tertiary/aromatic N) is 2. The van der Waals surface area contributed by atoms with Crippen molar-refractivity contribution in [1.82, 2.24) is 9.80 Å². The summed E-state index contributed by atoms with van der Waals surface area (Å²) in [5, 5.41) is 0. The predicted octanol–water partition coefficient (Wildman–Crippen LogP) is 3.89. The van der Waals surface area contributed by atoms with Crippen LogP contribution in [0.1, 0.15) is 23.2 Å². The van der Waals surface area contributed by atoms with Crippen molar-refractivity contribution in [3.05, 3.63) is 59.7 Å². The van der Waals surface area contributed by atoms with E-state index < -0.39 is 17.7 Å². The molecule has 2 amide bonds. The van der Waals surface area contributed by atoms with E-state index in [9.17, 15) is 18.4 Å². The molecule has 0 N–H and O–H groups in total. The van der Waals surface area contributed by atoms with Crippen LogP contribution in [0.15, 0.2) is 42.5 Å². The number of halogens is 2. The van der Waals surface area contributed by atoms with Crippen molar-refractivity contribution in [3.8, 4) is 11.5 Å². The number of benzene rings is 2. The van der Waals surface area contributed by atoms with Crippen molar-refractivity contribution >= 4 is 23.6 Å². The van der Waals surface area contributed by atoms with E-state index in [0.717, 1.165) is 38.1 Å². The third-order valence-corrected chi connectivity index (χ3v) is 6.08. The van der Waals surface area contributed by atoms with Gasteiger partial charge in [-0.3, -0.25) is 9.59 Å². The summed E-state index contributed by atoms with van der Waals surface area (Å²) in [7, 11) is 0. The molecule has 152 valence electrons. The standard InChI is InChI=1S/C21H20F2N2O3S/c22-15-5-8-19(17(23)11-15)28-16-6-3-14(4-7-16)20(26)25-13-29-12-18(25)21(27)24-9-1-2-10-24/h3-8,11,18H,1-2,9-10,12-13H2/t18-/m0/s1. The van der Waals surface area contributed by atoms with Gasteiger partial charge in [0.05, 0.1) is 5.88 Å². The van der Waals surface area contributed by atoms with Gasteiger partial charge in [0.1, 0.15) is 17.6 Å². The Kier molecular flexibility index (Phi) is 5.71. The lowest BCUT2D eigenvalue weighted by molar-refractivity contribution is -0.133. The highest BCUT2D eigenvalue weighted by atomic mass is 32.2. The van der Waals surface area contributed by atoms with Gasteiger partial charge in [0.2, 0.25) is 5.91 Å². The number of likely N-dealkylation sites (tertiary alicyclic amines) is 1. The Bertz CT molecular complexity index is 917. The van der Waals surface area contributed by atoms with E-state index >= 15 is 0 Å². The van der Waals surface area contributed by atoms with Crippen molar-refractivity contribution in [2.45, 2.75) is 18.9 Å². The predicted molar refractivity (Wildman–Crippen MR) is 106 cm³/mol. The molecule has 29 heavy (non-hydrogen) atoms. The lowest BCUT2D eigenvalue weighted by Gasteiger charge is -2.27. The summed E-state index contributed by atoms with van der Waals surface area (Å²) in [6, 6.07) is 8.90. The molecule has 2 saturated heterocycles. The first kappa shape index (κ1) is 19.7. The number of hydrogen-bond donors (Lipinski definition) is 0. The van der Waals surface area contributed by atoms with Gasteiger partial charge < -0.3 is 14.5 Å². The van der Waals surface area contributed by atoms with Gasteiger partial charge in [-0.2, -0.15) is 0 Å². The molecule has 1 atom stereocenters. The Morgan fingerprint density at radius 1 is 1.03 bits per heavy atom. The number of amides is 2. The highest BCUT2D eigenvalue weighted by molar-refractivity contribution is 7.99. The molecule has 0 spiro atoms. The molecule has 0 saturated carbocycles. The largest absolute Gasteiger partial charge is 0.454 e. The summed E-state index contributed by atoms with van der Waals surface area (Å²) in [4.78, 5) is 29.1. The summed E-state index contributed by atoms with van der Waals surface area (Å²) in [6.07, 6.45) is 2.02. The molecule has 0 unspecified atom stereocenters. The second kappa shape index (κ2) is 8.41. The van der Waals surface area contributed by atoms with Gasteiger partial charge in [-0.05, 0) is 49.2 Å². The van der Waals surface area contributed by atoms with Gasteiger partial charge in [0.15, 0.2) is 11.6 Å². The quantitative estimate of drug-likeness (QED) is 0.756. The number of thioether (sulfide) groups is 1. The first-order valence-corrected chi connectivity index (χ1v) is 10.6. The second-order valence-corrected chi connectivity index (χ2v) is 8.02. The molecule has 2 fully saturated rings. The van der Waals surface area contributed by atoms with Crippen LogP contribution < -0.4 is 4.74 Å². The van der Waals surface area contributed by atoms with Crippen molar-refractivity contribution in [2.24, 2.45) is 0 Å². The third-order valence-electron chi connectivity index (χ3n) is 5.07. The minimum absolute atomic E-state index is 0.0209. The normalized spacial score (nSPS) is 18.9. The van der Waals surface area contributed by atoms with Crippen LogP contribution in [0.2, 0.25) is 0 Å². The zero-order valence-electron chi connectivity index (χ0n) is 15.6. The van der Waals surface area contributed by atoms with Gasteiger partial charge in [-0.25, -0.2) is 8.78 Å². The van der Waals surface area contributed by atoms with E-state index in [4.69, 9.17) is 4.74 Å². The average molecular weight is 418 g/mol. The monoisotopic (exact) mass is 418 g/mol. The van der Waals surface area contributed by atoms with E-state index in [-0.39, 0.29) is 17.6 Å². The molecule has 2 aromatic carbocycles. The topological polar surface area (TPSA) is 49.9 Å². The minimum Gasteiger partial charge on any atom is -0.454 e. The van der Waals surface area contributed by atoms with Crippen LogP contribution in [0, 0.1) is 11.6 Å². The summed E-state index contributed by atoms with van der Waals surface area (Å²) in [6.45, 7) is 1.52. The van der Waals surface area contributed by atoms with Crippen molar-refractivity contribution in [3.63, 3.8) is 0 Å². The van der Waals surface area contributed by atoms with Crippen LogP contribution in [-0.4, -0.2) is 52.4 Å². The highest BCUT2D eigenvalue weighted by Gasteiger charge is 2.38. The smallest absolute Gasteiger partial charge is 0.255 e. The SMILES string of the molecule is O=C([C@@H]1CSCN1C(=O)c1ccc(Oc2ccc(F)cc2F)cc1)N1CCCC1. The van der Waals surface area contributed by atoms with Crippen LogP contribution in [0.4, 0.5) is 8.78 Å². The van der Waals surface area contributed by atoms with Gasteiger partial charge in [0.25, 0.3) is 5.91 Å². The Labute approximate surface area is 171 Å².